The van der Waals surface area contributed by atoms with Crippen molar-refractivity contribution in [1.82, 2.24) is 10.5 Å². The number of ether oxygens (including phenoxy) is 1. The second-order valence-electron chi connectivity index (χ2n) is 7.41. The van der Waals surface area contributed by atoms with Gasteiger partial charge in [-0.2, -0.15) is 0 Å². The first kappa shape index (κ1) is 17.5. The van der Waals surface area contributed by atoms with Crippen LogP contribution in [0.2, 0.25) is 0 Å². The van der Waals surface area contributed by atoms with E-state index < -0.39 is 6.10 Å². The summed E-state index contributed by atoms with van der Waals surface area (Å²) in [5, 5.41) is 27.4. The van der Waals surface area contributed by atoms with Crippen molar-refractivity contribution >= 4 is 0 Å². The summed E-state index contributed by atoms with van der Waals surface area (Å²) in [6, 6.07) is 9.41. The zero-order valence-electron chi connectivity index (χ0n) is 14.8. The van der Waals surface area contributed by atoms with E-state index in [1.165, 1.54) is 19.3 Å². The summed E-state index contributed by atoms with van der Waals surface area (Å²) in [4.78, 5) is 0. The lowest BCUT2D eigenvalue weighted by atomic mass is 9.92. The number of phenolic OH excluding ortho intramolecular Hbond substituents is 1. The highest BCUT2D eigenvalue weighted by molar-refractivity contribution is 5.59. The molecule has 1 saturated heterocycles. The Kier molecular flexibility index (Phi) is 5.24. The predicted octanol–water partition coefficient (Wildman–Crippen LogP) is 2.64. The summed E-state index contributed by atoms with van der Waals surface area (Å²) in [5.74, 6) is 0.835. The summed E-state index contributed by atoms with van der Waals surface area (Å²) in [7, 11) is 0. The molecule has 1 aromatic carbocycles. The SMILES string of the molecule is Oc1cccc(-c2cc(C[C@@H]3CC[C@H](O)[C@@H](CNC4CCC4)O3)no2)c1. The summed E-state index contributed by atoms with van der Waals surface area (Å²) >= 11 is 0. The smallest absolute Gasteiger partial charge is 0.167 e. The van der Waals surface area contributed by atoms with Crippen molar-refractivity contribution in [3.05, 3.63) is 36.0 Å². The molecule has 0 unspecified atom stereocenters. The molecule has 1 aliphatic carbocycles. The lowest BCUT2D eigenvalue weighted by Crippen LogP contribution is -2.48. The first-order chi connectivity index (χ1) is 12.7. The van der Waals surface area contributed by atoms with Crippen molar-refractivity contribution in [2.24, 2.45) is 0 Å². The Bertz CT molecular complexity index is 728. The number of hydrogen-bond donors (Lipinski definition) is 3. The van der Waals surface area contributed by atoms with Crippen LogP contribution in [0.5, 0.6) is 5.75 Å². The highest BCUT2D eigenvalue weighted by Crippen LogP contribution is 2.27. The summed E-state index contributed by atoms with van der Waals surface area (Å²) in [5.41, 5.74) is 1.63. The van der Waals surface area contributed by atoms with E-state index in [1.807, 2.05) is 12.1 Å². The summed E-state index contributed by atoms with van der Waals surface area (Å²) < 4.78 is 11.5. The molecule has 2 aliphatic rings. The van der Waals surface area contributed by atoms with E-state index in [9.17, 15) is 10.2 Å². The first-order valence-corrected chi connectivity index (χ1v) is 9.49. The molecule has 1 aromatic heterocycles. The Morgan fingerprint density at radius 1 is 1.15 bits per heavy atom. The van der Waals surface area contributed by atoms with Crippen molar-refractivity contribution in [3.63, 3.8) is 0 Å². The maximum absolute atomic E-state index is 10.2. The van der Waals surface area contributed by atoms with Gasteiger partial charge in [0.15, 0.2) is 5.76 Å². The number of benzene rings is 1. The molecule has 2 fully saturated rings. The summed E-state index contributed by atoms with van der Waals surface area (Å²) in [6.07, 6.45) is 5.44. The monoisotopic (exact) mass is 358 g/mol. The third-order valence-corrected chi connectivity index (χ3v) is 5.42. The van der Waals surface area contributed by atoms with Gasteiger partial charge in [0.2, 0.25) is 0 Å². The molecule has 4 rings (SSSR count). The minimum atomic E-state index is -0.404. The van der Waals surface area contributed by atoms with E-state index in [4.69, 9.17) is 9.26 Å². The molecule has 1 saturated carbocycles. The standard InChI is InChI=1S/C20H26N2O4/c23-16-6-1-3-13(9-16)19-11-15(22-26-19)10-17-7-8-18(24)20(25-17)12-21-14-4-2-5-14/h1,3,6,9,11,14,17-18,20-21,23-24H,2,4-5,7-8,10,12H2/t17-,18-,20+/m0/s1. The molecule has 3 N–H and O–H groups in total. The second kappa shape index (κ2) is 7.78. The highest BCUT2D eigenvalue weighted by atomic mass is 16.5. The molecule has 6 nitrogen and oxygen atoms in total. The van der Waals surface area contributed by atoms with Gasteiger partial charge in [0, 0.05) is 30.6 Å². The van der Waals surface area contributed by atoms with Crippen molar-refractivity contribution in [2.45, 2.75) is 62.9 Å². The van der Waals surface area contributed by atoms with Gasteiger partial charge in [-0.15, -0.1) is 0 Å². The third kappa shape index (κ3) is 4.09. The largest absolute Gasteiger partial charge is 0.508 e. The average molecular weight is 358 g/mol. The molecule has 0 radical (unpaired) electrons. The molecular formula is C20H26N2O4. The molecular weight excluding hydrogens is 332 g/mol. The number of nitrogens with zero attached hydrogens (tertiary/aromatic N) is 1. The van der Waals surface area contributed by atoms with Crippen LogP contribution in [-0.4, -0.2) is 46.3 Å². The Labute approximate surface area is 153 Å². The van der Waals surface area contributed by atoms with Crippen LogP contribution in [0.1, 0.15) is 37.8 Å². The van der Waals surface area contributed by atoms with Gasteiger partial charge in [0.1, 0.15) is 5.75 Å². The molecule has 0 bridgehead atoms. The fourth-order valence-electron chi connectivity index (χ4n) is 3.61. The quantitative estimate of drug-likeness (QED) is 0.736. The maximum Gasteiger partial charge on any atom is 0.167 e. The van der Waals surface area contributed by atoms with E-state index in [1.54, 1.807) is 18.2 Å². The molecule has 0 spiro atoms. The highest BCUT2D eigenvalue weighted by Gasteiger charge is 2.31. The zero-order valence-corrected chi connectivity index (χ0v) is 14.8. The van der Waals surface area contributed by atoms with Crippen LogP contribution in [-0.2, 0) is 11.2 Å². The minimum Gasteiger partial charge on any atom is -0.508 e. The number of aromatic hydroxyl groups is 1. The molecule has 1 aliphatic heterocycles. The number of aliphatic hydroxyl groups excluding tert-OH is 1. The maximum atomic E-state index is 10.2. The van der Waals surface area contributed by atoms with Crippen LogP contribution in [0.15, 0.2) is 34.9 Å². The van der Waals surface area contributed by atoms with Crippen LogP contribution >= 0.6 is 0 Å². The molecule has 0 amide bonds. The van der Waals surface area contributed by atoms with Gasteiger partial charge in [-0.3, -0.25) is 0 Å². The van der Waals surface area contributed by atoms with E-state index in [0.717, 1.165) is 24.1 Å². The van der Waals surface area contributed by atoms with E-state index in [2.05, 4.69) is 10.5 Å². The number of phenols is 1. The average Bonchev–Trinajstić information content (AvgIpc) is 3.05. The van der Waals surface area contributed by atoms with E-state index in [0.29, 0.717) is 24.8 Å². The van der Waals surface area contributed by atoms with Gasteiger partial charge in [-0.25, -0.2) is 0 Å². The van der Waals surface area contributed by atoms with Crippen LogP contribution in [0.25, 0.3) is 11.3 Å². The third-order valence-electron chi connectivity index (χ3n) is 5.42. The molecule has 2 heterocycles. The Hall–Kier alpha value is -1.89. The Balaban J connectivity index is 1.34. The first-order valence-electron chi connectivity index (χ1n) is 9.49. The number of aliphatic hydroxyl groups is 1. The minimum absolute atomic E-state index is 0.0358. The lowest BCUT2D eigenvalue weighted by molar-refractivity contribution is -0.116. The van der Waals surface area contributed by atoms with Crippen molar-refractivity contribution in [1.29, 1.82) is 0 Å². The molecule has 26 heavy (non-hydrogen) atoms. The van der Waals surface area contributed by atoms with Crippen LogP contribution in [0.3, 0.4) is 0 Å². The van der Waals surface area contributed by atoms with Gasteiger partial charge < -0.3 is 24.8 Å². The van der Waals surface area contributed by atoms with Crippen LogP contribution in [0, 0.1) is 0 Å². The van der Waals surface area contributed by atoms with Crippen LogP contribution < -0.4 is 5.32 Å². The fraction of sp³-hybridized carbons (Fsp3) is 0.550. The van der Waals surface area contributed by atoms with E-state index >= 15 is 0 Å². The normalized spacial score (nSPS) is 26.6. The lowest BCUT2D eigenvalue weighted by Gasteiger charge is -2.36. The number of rotatable bonds is 6. The second-order valence-corrected chi connectivity index (χ2v) is 7.41. The van der Waals surface area contributed by atoms with Crippen molar-refractivity contribution in [3.8, 4) is 17.1 Å². The molecule has 6 heteroatoms. The van der Waals surface area contributed by atoms with E-state index in [-0.39, 0.29) is 18.0 Å². The summed E-state index contributed by atoms with van der Waals surface area (Å²) in [6.45, 7) is 0.704. The molecule has 3 atom stereocenters. The predicted molar refractivity (Wildman–Crippen MR) is 96.9 cm³/mol. The van der Waals surface area contributed by atoms with Gasteiger partial charge in [-0.1, -0.05) is 23.7 Å². The van der Waals surface area contributed by atoms with Gasteiger partial charge in [0.25, 0.3) is 0 Å². The van der Waals surface area contributed by atoms with Crippen molar-refractivity contribution < 1.29 is 19.5 Å². The van der Waals surface area contributed by atoms with Crippen LogP contribution in [0.4, 0.5) is 0 Å². The molecule has 2 aromatic rings. The number of nitrogens with one attached hydrogen (secondary N) is 1. The zero-order chi connectivity index (χ0) is 17.9. The topological polar surface area (TPSA) is 87.8 Å². The van der Waals surface area contributed by atoms with Gasteiger partial charge in [-0.05, 0) is 37.8 Å². The molecule has 140 valence electrons. The Morgan fingerprint density at radius 3 is 2.81 bits per heavy atom. The van der Waals surface area contributed by atoms with Crippen molar-refractivity contribution in [2.75, 3.05) is 6.54 Å². The number of aromatic nitrogens is 1. The number of hydrogen-bond acceptors (Lipinski definition) is 6. The van der Waals surface area contributed by atoms with Gasteiger partial charge in [0.05, 0.1) is 24.0 Å². The Morgan fingerprint density at radius 2 is 2.04 bits per heavy atom. The fourth-order valence-corrected chi connectivity index (χ4v) is 3.61. The van der Waals surface area contributed by atoms with Gasteiger partial charge >= 0.3 is 0 Å².